The highest BCUT2D eigenvalue weighted by molar-refractivity contribution is 7.19. The molecule has 0 spiro atoms. The summed E-state index contributed by atoms with van der Waals surface area (Å²) in [6.45, 7) is 4.21. The molecular formula is C26H30N2O3S. The minimum atomic E-state index is -0.514. The Morgan fingerprint density at radius 1 is 1.22 bits per heavy atom. The van der Waals surface area contributed by atoms with Crippen LogP contribution in [0.15, 0.2) is 54.7 Å². The molecule has 0 aliphatic carbocycles. The van der Waals surface area contributed by atoms with Crippen LogP contribution in [-0.2, 0) is 0 Å². The second-order valence-electron chi connectivity index (χ2n) is 8.78. The number of aliphatic hydroxyl groups excluding tert-OH is 1. The maximum atomic E-state index is 10.6. The number of fused-ring (bicyclic) bond motifs is 2. The molecule has 2 aromatic carbocycles. The van der Waals surface area contributed by atoms with Crippen LogP contribution < -0.4 is 9.47 Å². The van der Waals surface area contributed by atoms with Crippen LogP contribution in [0.25, 0.3) is 21.0 Å². The molecule has 1 aliphatic heterocycles. The van der Waals surface area contributed by atoms with Crippen molar-refractivity contribution in [3.63, 3.8) is 0 Å². The van der Waals surface area contributed by atoms with E-state index in [1.54, 1.807) is 7.11 Å². The van der Waals surface area contributed by atoms with Gasteiger partial charge in [-0.15, -0.1) is 11.3 Å². The number of nitrogens with one attached hydrogen (secondary N) is 1. The number of aromatic nitrogens is 1. The molecule has 0 amide bonds. The third kappa shape index (κ3) is 4.35. The summed E-state index contributed by atoms with van der Waals surface area (Å²) in [5.41, 5.74) is 1.05. The number of nitrogens with zero attached hydrogens (tertiary/aromatic N) is 1. The number of thiophene rings is 1. The van der Waals surface area contributed by atoms with Crippen molar-refractivity contribution in [1.82, 2.24) is 9.88 Å². The smallest absolute Gasteiger partial charge is 0.128 e. The van der Waals surface area contributed by atoms with Gasteiger partial charge in [0, 0.05) is 39.3 Å². The van der Waals surface area contributed by atoms with Crippen molar-refractivity contribution < 1.29 is 14.6 Å². The number of H-pyrrole nitrogens is 1. The van der Waals surface area contributed by atoms with Crippen molar-refractivity contribution in [1.29, 1.82) is 0 Å². The minimum Gasteiger partial charge on any atom is -0.497 e. The summed E-state index contributed by atoms with van der Waals surface area (Å²) in [4.78, 5) is 7.06. The Bertz CT molecular complexity index is 1200. The van der Waals surface area contributed by atoms with Gasteiger partial charge in [-0.3, -0.25) is 4.90 Å². The van der Waals surface area contributed by atoms with Gasteiger partial charge < -0.3 is 19.6 Å². The summed E-state index contributed by atoms with van der Waals surface area (Å²) in [6.07, 6.45) is 3.62. The van der Waals surface area contributed by atoms with Crippen molar-refractivity contribution in [3.8, 4) is 11.5 Å². The van der Waals surface area contributed by atoms with Crippen LogP contribution in [0, 0.1) is 0 Å². The number of β-amino-alcohol motifs (C(OH)–C–C–N with tert-alkyl or cyclic N) is 1. The first-order valence-electron chi connectivity index (χ1n) is 11.3. The van der Waals surface area contributed by atoms with E-state index in [1.165, 1.54) is 15.0 Å². The van der Waals surface area contributed by atoms with E-state index in [0.717, 1.165) is 41.8 Å². The highest BCUT2D eigenvalue weighted by Gasteiger charge is 2.29. The van der Waals surface area contributed by atoms with Crippen LogP contribution in [0.1, 0.15) is 30.6 Å². The van der Waals surface area contributed by atoms with Gasteiger partial charge in [-0.2, -0.15) is 0 Å². The van der Waals surface area contributed by atoms with Gasteiger partial charge in [-0.25, -0.2) is 0 Å². The number of aliphatic hydroxyl groups is 1. The molecule has 3 heterocycles. The minimum absolute atomic E-state index is 0.301. The lowest BCUT2D eigenvalue weighted by Crippen LogP contribution is -2.45. The quantitative estimate of drug-likeness (QED) is 0.396. The molecule has 1 aliphatic rings. The van der Waals surface area contributed by atoms with Gasteiger partial charge in [0.2, 0.25) is 0 Å². The molecule has 3 atom stereocenters. The average molecular weight is 451 g/mol. The number of hydrogen-bond acceptors (Lipinski definition) is 5. The fourth-order valence-electron chi connectivity index (χ4n) is 4.80. The zero-order valence-corrected chi connectivity index (χ0v) is 19.4. The first-order chi connectivity index (χ1) is 15.6. The molecule has 4 aromatic rings. The van der Waals surface area contributed by atoms with E-state index in [2.05, 4.69) is 35.0 Å². The van der Waals surface area contributed by atoms with Crippen molar-refractivity contribution in [2.45, 2.75) is 37.8 Å². The Balaban J connectivity index is 1.17. The molecule has 32 heavy (non-hydrogen) atoms. The first-order valence-corrected chi connectivity index (χ1v) is 12.1. The fourth-order valence-corrected chi connectivity index (χ4v) is 6.04. The molecule has 0 unspecified atom stereocenters. The maximum absolute atomic E-state index is 10.6. The zero-order valence-electron chi connectivity index (χ0n) is 18.6. The molecule has 0 saturated carbocycles. The molecule has 0 radical (unpaired) electrons. The second-order valence-corrected chi connectivity index (χ2v) is 9.89. The Hall–Kier alpha value is -2.54. The molecule has 2 N–H and O–H groups in total. The number of benzene rings is 2. The van der Waals surface area contributed by atoms with Gasteiger partial charge in [-0.1, -0.05) is 6.07 Å². The predicted octanol–water partition coefficient (Wildman–Crippen LogP) is 5.40. The van der Waals surface area contributed by atoms with Gasteiger partial charge in [0.15, 0.2) is 0 Å². The van der Waals surface area contributed by atoms with E-state index in [9.17, 15) is 5.11 Å². The summed E-state index contributed by atoms with van der Waals surface area (Å²) >= 11 is 1.89. The van der Waals surface area contributed by atoms with Gasteiger partial charge in [-0.05, 0) is 80.1 Å². The lowest BCUT2D eigenvalue weighted by Gasteiger charge is -2.38. The molecule has 168 valence electrons. The lowest BCUT2D eigenvalue weighted by molar-refractivity contribution is 0.0408. The topological polar surface area (TPSA) is 57.7 Å². The van der Waals surface area contributed by atoms with E-state index < -0.39 is 6.10 Å². The molecule has 5 nitrogen and oxygen atoms in total. The molecule has 6 heteroatoms. The Kier molecular flexibility index (Phi) is 6.09. The zero-order chi connectivity index (χ0) is 22.1. The third-order valence-electron chi connectivity index (χ3n) is 6.59. The SMILES string of the molecule is COc1ccc2cc([C@H]3CCN(C[C@H](O)COc4cccc5[nH]ccc45)[C@H](C)C3)sc2c1. The van der Waals surface area contributed by atoms with Crippen LogP contribution in [0.4, 0.5) is 0 Å². The number of aromatic amines is 1. The van der Waals surface area contributed by atoms with E-state index in [1.807, 2.05) is 47.9 Å². The molecular weight excluding hydrogens is 420 g/mol. The van der Waals surface area contributed by atoms with Gasteiger partial charge in [0.05, 0.1) is 7.11 Å². The average Bonchev–Trinajstić information content (AvgIpc) is 3.45. The fraction of sp³-hybridized carbons (Fsp3) is 0.385. The first kappa shape index (κ1) is 21.3. The summed E-state index contributed by atoms with van der Waals surface area (Å²) in [6, 6.07) is 17.0. The second kappa shape index (κ2) is 9.14. The predicted molar refractivity (Wildman–Crippen MR) is 131 cm³/mol. The van der Waals surface area contributed by atoms with Gasteiger partial charge in [0.1, 0.15) is 24.2 Å². The highest BCUT2D eigenvalue weighted by Crippen LogP contribution is 2.39. The van der Waals surface area contributed by atoms with Crippen molar-refractivity contribution >= 4 is 32.3 Å². The van der Waals surface area contributed by atoms with Crippen LogP contribution in [0.5, 0.6) is 11.5 Å². The standard InChI is InChI=1S/C26H30N2O3S/c1-17-12-19(25-13-18-6-7-21(30-2)14-26(18)32-25)9-11-28(17)15-20(29)16-31-24-5-3-4-23-22(24)8-10-27-23/h3-8,10,13-14,17,19-20,27,29H,9,11-12,15-16H2,1-2H3/t17-,19+,20+/m1/s1. The van der Waals surface area contributed by atoms with Crippen LogP contribution in [0.2, 0.25) is 0 Å². The summed E-state index contributed by atoms with van der Waals surface area (Å²) in [5.74, 6) is 2.30. The number of piperidine rings is 1. The van der Waals surface area contributed by atoms with E-state index in [4.69, 9.17) is 9.47 Å². The normalized spacial score (nSPS) is 20.6. The van der Waals surface area contributed by atoms with Crippen molar-refractivity contribution in [2.75, 3.05) is 26.8 Å². The van der Waals surface area contributed by atoms with Crippen LogP contribution in [-0.4, -0.2) is 53.9 Å². The van der Waals surface area contributed by atoms with Crippen molar-refractivity contribution in [2.24, 2.45) is 0 Å². The lowest BCUT2D eigenvalue weighted by atomic mass is 9.90. The van der Waals surface area contributed by atoms with E-state index in [0.29, 0.717) is 25.1 Å². The molecule has 5 rings (SSSR count). The Morgan fingerprint density at radius 2 is 2.12 bits per heavy atom. The molecule has 1 fully saturated rings. The Morgan fingerprint density at radius 3 is 2.97 bits per heavy atom. The van der Waals surface area contributed by atoms with Crippen molar-refractivity contribution in [3.05, 3.63) is 59.6 Å². The number of hydrogen-bond donors (Lipinski definition) is 2. The monoisotopic (exact) mass is 450 g/mol. The van der Waals surface area contributed by atoms with E-state index in [-0.39, 0.29) is 0 Å². The summed E-state index contributed by atoms with van der Waals surface area (Å²) in [5, 5.41) is 13.0. The number of methoxy groups -OCH3 is 1. The van der Waals surface area contributed by atoms with Crippen LogP contribution in [0.3, 0.4) is 0 Å². The molecule has 0 bridgehead atoms. The summed E-state index contributed by atoms with van der Waals surface area (Å²) < 4.78 is 12.6. The van der Waals surface area contributed by atoms with Gasteiger partial charge in [0.25, 0.3) is 0 Å². The number of ether oxygens (including phenoxy) is 2. The molecule has 1 saturated heterocycles. The molecule has 2 aromatic heterocycles. The number of likely N-dealkylation sites (tertiary alicyclic amines) is 1. The van der Waals surface area contributed by atoms with Gasteiger partial charge >= 0.3 is 0 Å². The highest BCUT2D eigenvalue weighted by atomic mass is 32.1. The largest absolute Gasteiger partial charge is 0.497 e. The van der Waals surface area contributed by atoms with E-state index >= 15 is 0 Å². The summed E-state index contributed by atoms with van der Waals surface area (Å²) in [7, 11) is 1.72. The van der Waals surface area contributed by atoms with Crippen LogP contribution >= 0.6 is 11.3 Å². The third-order valence-corrected chi connectivity index (χ3v) is 7.85. The maximum Gasteiger partial charge on any atom is 0.128 e. The Labute approximate surface area is 192 Å². The number of rotatable bonds is 7.